The normalized spacial score (nSPS) is 8.12. The van der Waals surface area contributed by atoms with E-state index in [0.29, 0.717) is 0 Å². The predicted molar refractivity (Wildman–Crippen MR) is 60.7 cm³/mol. The molecule has 6 N–H and O–H groups in total. The Kier molecular flexibility index (Phi) is 37.9. The largest absolute Gasteiger partial charge is 0.299 e. The van der Waals surface area contributed by atoms with E-state index in [4.69, 9.17) is 39.9 Å². The van der Waals surface area contributed by atoms with Gasteiger partial charge in [0.15, 0.2) is 0 Å². The minimum absolute atomic E-state index is 1.08. The van der Waals surface area contributed by atoms with E-state index in [1.54, 1.807) is 0 Å². The molecule has 12 heteroatoms. The van der Waals surface area contributed by atoms with Crippen LogP contribution in [0.1, 0.15) is 13.3 Å². The fourth-order valence-corrected chi connectivity index (χ4v) is 0. The quantitative estimate of drug-likeness (QED) is 0.300. The first-order chi connectivity index (χ1) is 7.11. The first-order valence-corrected chi connectivity index (χ1v) is 6.31. The second-order valence-electron chi connectivity index (χ2n) is 1.39. The van der Waals surface area contributed by atoms with Crippen molar-refractivity contribution in [2.45, 2.75) is 13.3 Å². The van der Waals surface area contributed by atoms with Crippen LogP contribution < -0.4 is 0 Å². The summed E-state index contributed by atoms with van der Waals surface area (Å²) >= 11 is -7.83. The average molecular weight is 302 g/mol. The lowest BCUT2D eigenvalue weighted by molar-refractivity contribution is 0.452. The van der Waals surface area contributed by atoms with Crippen molar-refractivity contribution in [3.05, 3.63) is 12.7 Å². The zero-order chi connectivity index (χ0) is 14.1. The molecule has 0 spiro atoms. The van der Waals surface area contributed by atoms with Crippen LogP contribution in [0.2, 0.25) is 0 Å². The van der Waals surface area contributed by atoms with E-state index in [0.717, 1.165) is 6.42 Å². The molecular weight excluding hydrogens is 288 g/mol. The van der Waals surface area contributed by atoms with Gasteiger partial charge in [0.1, 0.15) is 0 Å². The maximum Gasteiger partial charge on any atom is 0.299 e. The second kappa shape index (κ2) is 24.3. The van der Waals surface area contributed by atoms with Gasteiger partial charge in [-0.1, -0.05) is 13.0 Å². The summed E-state index contributed by atoms with van der Waals surface area (Å²) in [6, 6.07) is 0. The first-order valence-electron chi connectivity index (χ1n) is 3.12. The van der Waals surface area contributed by atoms with Gasteiger partial charge in [0.2, 0.25) is 0 Å². The lowest BCUT2D eigenvalue weighted by Crippen LogP contribution is -1.74. The lowest BCUT2D eigenvalue weighted by atomic mass is 10.5. The van der Waals surface area contributed by atoms with Crippen LogP contribution in [0.4, 0.5) is 0 Å². The molecular formula is C4H14O9S3. The van der Waals surface area contributed by atoms with Gasteiger partial charge >= 0.3 is 0 Å². The monoisotopic (exact) mass is 302 g/mol. The standard InChI is InChI=1S/C4H8.3H2O3S/c1-3-4-2;3*1-4(2)3/h3H,1,4H2,2H3;3*(H2,1,2,3). The van der Waals surface area contributed by atoms with Crippen molar-refractivity contribution in [2.24, 2.45) is 0 Å². The highest BCUT2D eigenvalue weighted by Crippen LogP contribution is 1.66. The summed E-state index contributed by atoms with van der Waals surface area (Å²) in [6.07, 6.45) is 2.96. The Balaban J connectivity index is -0.0000000600. The summed E-state index contributed by atoms with van der Waals surface area (Å²) in [5.74, 6) is 0. The SMILES string of the molecule is C=CCC.O=S(O)O.O=S(O)O.O=S(O)O. The van der Waals surface area contributed by atoms with E-state index in [9.17, 15) is 0 Å². The average Bonchev–Trinajstić information content (AvgIpc) is 2.00. The van der Waals surface area contributed by atoms with Gasteiger partial charge in [-0.05, 0) is 6.42 Å². The molecule has 0 aromatic rings. The molecule has 0 aromatic carbocycles. The van der Waals surface area contributed by atoms with Gasteiger partial charge in [0, 0.05) is 0 Å². The summed E-state index contributed by atoms with van der Waals surface area (Å²) in [6.45, 7) is 5.54. The van der Waals surface area contributed by atoms with Gasteiger partial charge in [-0.25, -0.2) is 0 Å². The molecule has 0 aliphatic heterocycles. The molecule has 0 saturated carbocycles. The van der Waals surface area contributed by atoms with Crippen LogP contribution in [0.5, 0.6) is 0 Å². The molecule has 0 radical (unpaired) electrons. The summed E-state index contributed by atoms with van der Waals surface area (Å²) in [7, 11) is 0. The molecule has 0 unspecified atom stereocenters. The Bertz CT molecular complexity index is 164. The van der Waals surface area contributed by atoms with Gasteiger partial charge in [0.05, 0.1) is 0 Å². The van der Waals surface area contributed by atoms with Crippen molar-refractivity contribution >= 4 is 34.1 Å². The maximum absolute atomic E-state index is 8.67. The third kappa shape index (κ3) is 2590. The fraction of sp³-hybridized carbons (Fsp3) is 0.500. The third-order valence-electron chi connectivity index (χ3n) is 0.289. The summed E-state index contributed by atoms with van der Waals surface area (Å²) in [5.41, 5.74) is 0. The molecule has 0 fully saturated rings. The number of hydrogen-bond donors (Lipinski definition) is 6. The van der Waals surface area contributed by atoms with Crippen LogP contribution in [0.3, 0.4) is 0 Å². The minimum atomic E-state index is -2.61. The molecule has 0 heterocycles. The van der Waals surface area contributed by atoms with Crippen molar-refractivity contribution in [2.75, 3.05) is 0 Å². The number of rotatable bonds is 1. The highest BCUT2D eigenvalue weighted by molar-refractivity contribution is 7.73. The molecule has 0 amide bonds. The Labute approximate surface area is 100 Å². The van der Waals surface area contributed by atoms with Crippen LogP contribution in [0.25, 0.3) is 0 Å². The van der Waals surface area contributed by atoms with Gasteiger partial charge in [-0.15, -0.1) is 6.58 Å². The van der Waals surface area contributed by atoms with Gasteiger partial charge in [0.25, 0.3) is 34.1 Å². The summed E-state index contributed by atoms with van der Waals surface area (Å²) < 4.78 is 68.5. The van der Waals surface area contributed by atoms with E-state index in [1.807, 2.05) is 6.08 Å². The van der Waals surface area contributed by atoms with Crippen LogP contribution >= 0.6 is 0 Å². The molecule has 0 aliphatic rings. The number of hydrogen-bond acceptors (Lipinski definition) is 3. The van der Waals surface area contributed by atoms with Gasteiger partial charge < -0.3 is 0 Å². The maximum atomic E-state index is 8.67. The molecule has 16 heavy (non-hydrogen) atoms. The Morgan fingerprint density at radius 1 is 0.875 bits per heavy atom. The second-order valence-corrected chi connectivity index (χ2v) is 2.77. The number of allylic oxidation sites excluding steroid dienone is 1. The first kappa shape index (κ1) is 25.0. The molecule has 0 aromatic heterocycles. The van der Waals surface area contributed by atoms with E-state index >= 15 is 0 Å². The van der Waals surface area contributed by atoms with Crippen LogP contribution in [-0.2, 0) is 34.1 Å². The van der Waals surface area contributed by atoms with Crippen LogP contribution in [0, 0.1) is 0 Å². The zero-order valence-electron chi connectivity index (χ0n) is 8.12. The van der Waals surface area contributed by atoms with Crippen molar-refractivity contribution in [1.82, 2.24) is 0 Å². The summed E-state index contributed by atoms with van der Waals surface area (Å²) in [5, 5.41) is 0. The van der Waals surface area contributed by atoms with Crippen molar-refractivity contribution in [3.8, 4) is 0 Å². The van der Waals surface area contributed by atoms with Crippen LogP contribution in [-0.4, -0.2) is 39.9 Å². The molecule has 0 bridgehead atoms. The van der Waals surface area contributed by atoms with Crippen molar-refractivity contribution < 1.29 is 39.9 Å². The van der Waals surface area contributed by atoms with E-state index in [-0.39, 0.29) is 0 Å². The Hall–Kier alpha value is -0.0500. The van der Waals surface area contributed by atoms with E-state index in [1.165, 1.54) is 0 Å². The summed E-state index contributed by atoms with van der Waals surface area (Å²) in [4.78, 5) is 0. The molecule has 9 nitrogen and oxygen atoms in total. The fourth-order valence-electron chi connectivity index (χ4n) is 0. The highest BCUT2D eigenvalue weighted by Gasteiger charge is 1.63. The van der Waals surface area contributed by atoms with E-state index in [2.05, 4.69) is 13.5 Å². The molecule has 0 rings (SSSR count). The zero-order valence-corrected chi connectivity index (χ0v) is 10.6. The van der Waals surface area contributed by atoms with Crippen molar-refractivity contribution in [3.63, 3.8) is 0 Å². The smallest absolute Gasteiger partial charge is 0.284 e. The van der Waals surface area contributed by atoms with Gasteiger partial charge in [-0.2, -0.15) is 12.6 Å². The lowest BCUT2D eigenvalue weighted by Gasteiger charge is -1.59. The predicted octanol–water partition coefficient (Wildman–Crippen LogP) is 0.626. The molecule has 0 saturated heterocycles. The molecule has 102 valence electrons. The third-order valence-corrected chi connectivity index (χ3v) is 0.289. The molecule has 0 aliphatic carbocycles. The topological polar surface area (TPSA) is 173 Å². The van der Waals surface area contributed by atoms with Crippen LogP contribution in [0.15, 0.2) is 12.7 Å². The minimum Gasteiger partial charge on any atom is -0.284 e. The Morgan fingerprint density at radius 3 is 0.938 bits per heavy atom. The van der Waals surface area contributed by atoms with Crippen molar-refractivity contribution in [1.29, 1.82) is 0 Å². The Morgan fingerprint density at radius 2 is 0.938 bits per heavy atom. The van der Waals surface area contributed by atoms with E-state index < -0.39 is 34.1 Å². The molecule has 0 atom stereocenters. The van der Waals surface area contributed by atoms with Gasteiger partial charge in [-0.3, -0.25) is 27.3 Å². The highest BCUT2D eigenvalue weighted by atomic mass is 32.2.